The first-order valence-electron chi connectivity index (χ1n) is 4.35. The number of aryl methyl sites for hydroxylation is 3. The zero-order chi connectivity index (χ0) is 10.0. The second kappa shape index (κ2) is 4.34. The van der Waals surface area contributed by atoms with Crippen molar-refractivity contribution in [2.75, 3.05) is 0 Å². The first kappa shape index (κ1) is 10.9. The van der Waals surface area contributed by atoms with Gasteiger partial charge in [0, 0.05) is 6.42 Å². The van der Waals surface area contributed by atoms with Gasteiger partial charge in [-0.2, -0.15) is 0 Å². The molecular weight excluding hydrogens is 203 g/mol. The maximum absolute atomic E-state index is 5.74. The molecule has 0 unspecified atom stereocenters. The second-order valence-electron chi connectivity index (χ2n) is 3.46. The molecule has 0 spiro atoms. The van der Waals surface area contributed by atoms with E-state index in [1.54, 1.807) is 0 Å². The minimum absolute atomic E-state index is 0.305. The molecule has 0 saturated carbocycles. The van der Waals surface area contributed by atoms with Crippen molar-refractivity contribution in [2.45, 2.75) is 32.0 Å². The van der Waals surface area contributed by atoms with Crippen molar-refractivity contribution in [2.24, 2.45) is 0 Å². The van der Waals surface area contributed by atoms with Crippen molar-refractivity contribution in [1.29, 1.82) is 0 Å². The van der Waals surface area contributed by atoms with Crippen molar-refractivity contribution >= 4 is 23.2 Å². The quantitative estimate of drug-likeness (QED) is 0.658. The molecule has 0 amide bonds. The Balaban J connectivity index is 3.01. The summed E-state index contributed by atoms with van der Waals surface area (Å²) in [4.78, 5) is -0.305. The van der Waals surface area contributed by atoms with Crippen molar-refractivity contribution < 1.29 is 0 Å². The van der Waals surface area contributed by atoms with E-state index in [4.69, 9.17) is 23.2 Å². The van der Waals surface area contributed by atoms with Gasteiger partial charge in [-0.15, -0.1) is 23.2 Å². The van der Waals surface area contributed by atoms with Crippen LogP contribution in [0.3, 0.4) is 0 Å². The molecule has 1 rings (SSSR count). The van der Waals surface area contributed by atoms with Gasteiger partial charge in [-0.05, 0) is 43.0 Å². The van der Waals surface area contributed by atoms with E-state index in [1.807, 2.05) is 0 Å². The topological polar surface area (TPSA) is 0 Å². The van der Waals surface area contributed by atoms with Gasteiger partial charge in [0.15, 0.2) is 0 Å². The summed E-state index contributed by atoms with van der Waals surface area (Å²) in [6, 6.07) is 4.35. The SMILES string of the molecule is Cc1cc(C)c(CC(Cl)Cl)cc1C. The number of hydrogen-bond donors (Lipinski definition) is 0. The first-order valence-corrected chi connectivity index (χ1v) is 5.23. The molecule has 0 heterocycles. The molecule has 0 aliphatic heterocycles. The number of halogens is 2. The minimum Gasteiger partial charge on any atom is -0.105 e. The third kappa shape index (κ3) is 2.89. The molecule has 0 radical (unpaired) electrons. The van der Waals surface area contributed by atoms with E-state index in [2.05, 4.69) is 32.9 Å². The van der Waals surface area contributed by atoms with Crippen LogP contribution in [-0.2, 0) is 6.42 Å². The van der Waals surface area contributed by atoms with E-state index in [1.165, 1.54) is 22.3 Å². The van der Waals surface area contributed by atoms with Crippen LogP contribution in [0.15, 0.2) is 12.1 Å². The van der Waals surface area contributed by atoms with Crippen LogP contribution in [0.4, 0.5) is 0 Å². The van der Waals surface area contributed by atoms with Crippen LogP contribution in [0.2, 0.25) is 0 Å². The van der Waals surface area contributed by atoms with E-state index >= 15 is 0 Å². The fourth-order valence-corrected chi connectivity index (χ4v) is 1.74. The Kier molecular flexibility index (Phi) is 3.63. The Hall–Kier alpha value is -0.200. The van der Waals surface area contributed by atoms with Crippen LogP contribution < -0.4 is 0 Å². The third-order valence-electron chi connectivity index (χ3n) is 2.33. The molecule has 1 aromatic rings. The van der Waals surface area contributed by atoms with E-state index in [9.17, 15) is 0 Å². The lowest BCUT2D eigenvalue weighted by molar-refractivity contribution is 1.05. The summed E-state index contributed by atoms with van der Waals surface area (Å²) in [5.41, 5.74) is 5.14. The molecule has 0 aliphatic carbocycles. The fourth-order valence-electron chi connectivity index (χ4n) is 1.41. The number of rotatable bonds is 2. The minimum atomic E-state index is -0.305. The van der Waals surface area contributed by atoms with E-state index < -0.39 is 0 Å². The fraction of sp³-hybridized carbons (Fsp3) is 0.455. The normalized spacial score (nSPS) is 10.9. The van der Waals surface area contributed by atoms with Gasteiger partial charge in [-0.1, -0.05) is 12.1 Å². The van der Waals surface area contributed by atoms with Gasteiger partial charge in [0.1, 0.15) is 4.84 Å². The van der Waals surface area contributed by atoms with Crippen LogP contribution >= 0.6 is 23.2 Å². The maximum Gasteiger partial charge on any atom is 0.111 e. The summed E-state index contributed by atoms with van der Waals surface area (Å²) in [5, 5.41) is 0. The molecule has 0 aliphatic rings. The summed E-state index contributed by atoms with van der Waals surface area (Å²) in [7, 11) is 0. The zero-order valence-corrected chi connectivity index (χ0v) is 9.71. The average Bonchev–Trinajstić information content (AvgIpc) is 1.99. The molecule has 0 bridgehead atoms. The lowest BCUT2D eigenvalue weighted by Gasteiger charge is -2.09. The molecule has 0 N–H and O–H groups in total. The molecule has 1 aromatic carbocycles. The van der Waals surface area contributed by atoms with E-state index in [0.717, 1.165) is 6.42 Å². The monoisotopic (exact) mass is 216 g/mol. The molecule has 13 heavy (non-hydrogen) atoms. The standard InChI is InChI=1S/C11H14Cl2/c1-7-4-9(3)10(5-8(7)2)6-11(12)13/h4-5,11H,6H2,1-3H3. The van der Waals surface area contributed by atoms with Crippen LogP contribution in [0.5, 0.6) is 0 Å². The van der Waals surface area contributed by atoms with Crippen LogP contribution in [-0.4, -0.2) is 4.84 Å². The second-order valence-corrected chi connectivity index (χ2v) is 4.74. The highest BCUT2D eigenvalue weighted by Crippen LogP contribution is 2.19. The predicted octanol–water partition coefficient (Wildman–Crippen LogP) is 3.96. The highest BCUT2D eigenvalue weighted by molar-refractivity contribution is 6.44. The maximum atomic E-state index is 5.74. The lowest BCUT2D eigenvalue weighted by Crippen LogP contribution is -1.98. The van der Waals surface area contributed by atoms with Gasteiger partial charge < -0.3 is 0 Å². The number of alkyl halides is 2. The van der Waals surface area contributed by atoms with Crippen LogP contribution in [0.1, 0.15) is 22.3 Å². The zero-order valence-electron chi connectivity index (χ0n) is 8.20. The Labute approximate surface area is 89.9 Å². The van der Waals surface area contributed by atoms with E-state index in [-0.39, 0.29) is 4.84 Å². The summed E-state index contributed by atoms with van der Waals surface area (Å²) < 4.78 is 0. The Morgan fingerprint density at radius 2 is 1.54 bits per heavy atom. The number of benzene rings is 1. The molecule has 0 saturated heterocycles. The molecule has 0 aromatic heterocycles. The Morgan fingerprint density at radius 1 is 1.00 bits per heavy atom. The molecule has 2 heteroatoms. The third-order valence-corrected chi connectivity index (χ3v) is 2.64. The smallest absolute Gasteiger partial charge is 0.105 e. The van der Waals surface area contributed by atoms with Gasteiger partial charge in [-0.25, -0.2) is 0 Å². The van der Waals surface area contributed by atoms with Gasteiger partial charge in [0.05, 0.1) is 0 Å². The molecule has 0 atom stereocenters. The summed E-state index contributed by atoms with van der Waals surface area (Å²) in [6.45, 7) is 6.32. The van der Waals surface area contributed by atoms with Gasteiger partial charge in [0.25, 0.3) is 0 Å². The highest BCUT2D eigenvalue weighted by Gasteiger charge is 2.05. The first-order chi connectivity index (χ1) is 6.00. The molecular formula is C11H14Cl2. The molecule has 72 valence electrons. The Bertz CT molecular complexity index is 303. The Morgan fingerprint density at radius 3 is 2.08 bits per heavy atom. The average molecular weight is 217 g/mol. The van der Waals surface area contributed by atoms with Crippen molar-refractivity contribution in [1.82, 2.24) is 0 Å². The summed E-state index contributed by atoms with van der Waals surface area (Å²) in [5.74, 6) is 0. The van der Waals surface area contributed by atoms with Crippen molar-refractivity contribution in [3.8, 4) is 0 Å². The molecule has 0 fully saturated rings. The number of hydrogen-bond acceptors (Lipinski definition) is 0. The predicted molar refractivity (Wildman–Crippen MR) is 59.9 cm³/mol. The van der Waals surface area contributed by atoms with Crippen molar-refractivity contribution in [3.63, 3.8) is 0 Å². The van der Waals surface area contributed by atoms with Gasteiger partial charge in [0.2, 0.25) is 0 Å². The largest absolute Gasteiger partial charge is 0.111 e. The van der Waals surface area contributed by atoms with Crippen LogP contribution in [0, 0.1) is 20.8 Å². The van der Waals surface area contributed by atoms with E-state index in [0.29, 0.717) is 0 Å². The van der Waals surface area contributed by atoms with Gasteiger partial charge in [-0.3, -0.25) is 0 Å². The lowest BCUT2D eigenvalue weighted by atomic mass is 9.99. The van der Waals surface area contributed by atoms with Crippen molar-refractivity contribution in [3.05, 3.63) is 34.4 Å². The summed E-state index contributed by atoms with van der Waals surface area (Å²) >= 11 is 11.5. The summed E-state index contributed by atoms with van der Waals surface area (Å²) in [6.07, 6.45) is 0.732. The van der Waals surface area contributed by atoms with Crippen LogP contribution in [0.25, 0.3) is 0 Å². The van der Waals surface area contributed by atoms with Gasteiger partial charge >= 0.3 is 0 Å². The molecule has 0 nitrogen and oxygen atoms in total. The highest BCUT2D eigenvalue weighted by atomic mass is 35.5.